The van der Waals surface area contributed by atoms with Crippen LogP contribution in [0.4, 0.5) is 0 Å². The normalized spacial score (nSPS) is 12.6. The molecule has 3 heteroatoms. The Labute approximate surface area is 327 Å². The van der Waals surface area contributed by atoms with Crippen molar-refractivity contribution in [2.45, 2.75) is 5.41 Å². The lowest BCUT2D eigenvalue weighted by molar-refractivity contribution is 0.434. The predicted octanol–water partition coefficient (Wildman–Crippen LogP) is 13.3. The molecular weight excluding hydrogens is 681 g/mol. The Balaban J connectivity index is 1.17. The fourth-order valence-electron chi connectivity index (χ4n) is 8.30. The molecule has 0 saturated carbocycles. The van der Waals surface area contributed by atoms with Crippen molar-refractivity contribution in [2.75, 3.05) is 0 Å². The van der Waals surface area contributed by atoms with E-state index in [1.807, 2.05) is 24.3 Å². The highest BCUT2D eigenvalue weighted by molar-refractivity contribution is 5.81. The van der Waals surface area contributed by atoms with E-state index in [2.05, 4.69) is 194 Å². The SMILES string of the molecule is c1ccc(-c2cccc(-c3cc(-c4ccccc4)nc(-c4cccc(-c5ccccc5C5(c6ccccc6)c6ccccc6Oc6ccccc65)c4)n3)c2)cc1. The number of rotatable bonds is 7. The molecule has 2 heterocycles. The Bertz CT molecular complexity index is 2790. The van der Waals surface area contributed by atoms with Gasteiger partial charge in [0.1, 0.15) is 11.5 Å². The first-order valence-electron chi connectivity index (χ1n) is 19.0. The van der Waals surface area contributed by atoms with E-state index >= 15 is 0 Å². The van der Waals surface area contributed by atoms with Gasteiger partial charge in [0, 0.05) is 27.8 Å². The maximum Gasteiger partial charge on any atom is 0.160 e. The molecule has 1 aromatic heterocycles. The molecule has 1 aliphatic heterocycles. The lowest BCUT2D eigenvalue weighted by Crippen LogP contribution is -2.34. The molecule has 0 bridgehead atoms. The number of para-hydroxylation sites is 2. The van der Waals surface area contributed by atoms with Crippen LogP contribution in [-0.2, 0) is 5.41 Å². The van der Waals surface area contributed by atoms with Gasteiger partial charge >= 0.3 is 0 Å². The second-order valence-corrected chi connectivity index (χ2v) is 14.1. The molecule has 56 heavy (non-hydrogen) atoms. The van der Waals surface area contributed by atoms with Crippen LogP contribution < -0.4 is 4.74 Å². The Morgan fingerprint density at radius 1 is 0.321 bits per heavy atom. The van der Waals surface area contributed by atoms with E-state index in [1.54, 1.807) is 0 Å². The third kappa shape index (κ3) is 5.78. The van der Waals surface area contributed by atoms with Crippen molar-refractivity contribution in [1.29, 1.82) is 0 Å². The minimum absolute atomic E-state index is 0.653. The molecule has 0 radical (unpaired) electrons. The largest absolute Gasteiger partial charge is 0.457 e. The van der Waals surface area contributed by atoms with Crippen molar-refractivity contribution in [3.8, 4) is 67.7 Å². The molecule has 0 aliphatic carbocycles. The first-order valence-corrected chi connectivity index (χ1v) is 19.0. The maximum absolute atomic E-state index is 6.61. The average Bonchev–Trinajstić information content (AvgIpc) is 3.29. The van der Waals surface area contributed by atoms with Crippen LogP contribution in [0.2, 0.25) is 0 Å². The monoisotopic (exact) mass is 716 g/mol. The van der Waals surface area contributed by atoms with Gasteiger partial charge < -0.3 is 4.74 Å². The average molecular weight is 717 g/mol. The van der Waals surface area contributed by atoms with Gasteiger partial charge in [-0.3, -0.25) is 0 Å². The Kier molecular flexibility index (Phi) is 8.38. The summed E-state index contributed by atoms with van der Waals surface area (Å²) in [6.45, 7) is 0. The lowest BCUT2D eigenvalue weighted by atomic mass is 9.62. The van der Waals surface area contributed by atoms with E-state index in [1.165, 1.54) is 16.7 Å². The van der Waals surface area contributed by atoms with Crippen LogP contribution >= 0.6 is 0 Å². The minimum atomic E-state index is -0.653. The highest BCUT2D eigenvalue weighted by atomic mass is 16.5. The molecule has 9 aromatic rings. The first-order chi connectivity index (χ1) is 27.8. The van der Waals surface area contributed by atoms with E-state index in [9.17, 15) is 0 Å². The van der Waals surface area contributed by atoms with E-state index in [-0.39, 0.29) is 0 Å². The summed E-state index contributed by atoms with van der Waals surface area (Å²) >= 11 is 0. The first kappa shape index (κ1) is 33.2. The van der Waals surface area contributed by atoms with Crippen LogP contribution in [0, 0.1) is 0 Å². The van der Waals surface area contributed by atoms with Crippen LogP contribution in [0.1, 0.15) is 22.3 Å². The summed E-state index contributed by atoms with van der Waals surface area (Å²) in [5.41, 5.74) is 13.2. The molecule has 0 N–H and O–H groups in total. The van der Waals surface area contributed by atoms with Gasteiger partial charge in [-0.05, 0) is 63.7 Å². The molecule has 0 spiro atoms. The number of fused-ring (bicyclic) bond motifs is 2. The quantitative estimate of drug-likeness (QED) is 0.165. The number of aromatic nitrogens is 2. The summed E-state index contributed by atoms with van der Waals surface area (Å²) in [6.07, 6.45) is 0. The second kappa shape index (κ2) is 14.1. The summed E-state index contributed by atoms with van der Waals surface area (Å²) in [4.78, 5) is 10.5. The lowest BCUT2D eigenvalue weighted by Gasteiger charge is -2.42. The van der Waals surface area contributed by atoms with Crippen molar-refractivity contribution in [1.82, 2.24) is 9.97 Å². The molecule has 3 nitrogen and oxygen atoms in total. The number of ether oxygens (including phenoxy) is 1. The van der Waals surface area contributed by atoms with Gasteiger partial charge in [0.05, 0.1) is 16.8 Å². The van der Waals surface area contributed by atoms with Gasteiger partial charge in [-0.2, -0.15) is 0 Å². The molecule has 0 atom stereocenters. The molecule has 8 aromatic carbocycles. The van der Waals surface area contributed by atoms with Crippen molar-refractivity contribution < 1.29 is 4.74 Å². The highest BCUT2D eigenvalue weighted by Gasteiger charge is 2.46. The van der Waals surface area contributed by atoms with Crippen molar-refractivity contribution >= 4 is 0 Å². The summed E-state index contributed by atoms with van der Waals surface area (Å²) in [6, 6.07) is 76.7. The second-order valence-electron chi connectivity index (χ2n) is 14.1. The van der Waals surface area contributed by atoms with Crippen molar-refractivity contribution in [3.63, 3.8) is 0 Å². The Morgan fingerprint density at radius 2 is 0.786 bits per heavy atom. The van der Waals surface area contributed by atoms with Crippen LogP contribution in [0.15, 0.2) is 218 Å². The van der Waals surface area contributed by atoms with Gasteiger partial charge in [0.25, 0.3) is 0 Å². The topological polar surface area (TPSA) is 35.0 Å². The molecule has 0 amide bonds. The van der Waals surface area contributed by atoms with E-state index < -0.39 is 5.41 Å². The van der Waals surface area contributed by atoms with Gasteiger partial charge in [0.2, 0.25) is 0 Å². The maximum atomic E-state index is 6.61. The summed E-state index contributed by atoms with van der Waals surface area (Å²) in [7, 11) is 0. The standard InChI is InChI=1S/C53H36N2O/c1-4-18-37(19-5-1)39-22-16-24-41(34-39)49-36-48(38-20-6-2-7-21-38)54-52(55-49)42-25-17-23-40(35-42)44-28-10-11-29-45(44)53(43-26-8-3-9-27-43)46-30-12-14-32-50(46)56-51-33-15-13-31-47(51)53/h1-36H. The summed E-state index contributed by atoms with van der Waals surface area (Å²) in [5.74, 6) is 2.38. The number of hydrogen-bond acceptors (Lipinski definition) is 3. The van der Waals surface area contributed by atoms with E-state index in [0.717, 1.165) is 67.4 Å². The van der Waals surface area contributed by atoms with E-state index in [4.69, 9.17) is 14.7 Å². The third-order valence-corrected chi connectivity index (χ3v) is 10.8. The molecule has 10 rings (SSSR count). The fourth-order valence-corrected chi connectivity index (χ4v) is 8.30. The summed E-state index contributed by atoms with van der Waals surface area (Å²) < 4.78 is 6.61. The zero-order valence-corrected chi connectivity index (χ0v) is 30.6. The van der Waals surface area contributed by atoms with Crippen LogP contribution in [0.5, 0.6) is 11.5 Å². The van der Waals surface area contributed by atoms with Crippen molar-refractivity contribution in [2.24, 2.45) is 0 Å². The van der Waals surface area contributed by atoms with Gasteiger partial charge in [-0.1, -0.05) is 188 Å². The minimum Gasteiger partial charge on any atom is -0.457 e. The molecule has 0 saturated heterocycles. The number of hydrogen-bond donors (Lipinski definition) is 0. The zero-order valence-electron chi connectivity index (χ0n) is 30.6. The highest BCUT2D eigenvalue weighted by Crippen LogP contribution is 2.56. The number of benzene rings is 8. The molecule has 1 aliphatic rings. The smallest absolute Gasteiger partial charge is 0.160 e. The van der Waals surface area contributed by atoms with Gasteiger partial charge in [-0.15, -0.1) is 0 Å². The Morgan fingerprint density at radius 3 is 1.46 bits per heavy atom. The number of nitrogens with zero attached hydrogens (tertiary/aromatic N) is 2. The Hall–Kier alpha value is -7.36. The van der Waals surface area contributed by atoms with Crippen LogP contribution in [0.25, 0.3) is 56.2 Å². The van der Waals surface area contributed by atoms with E-state index in [0.29, 0.717) is 5.82 Å². The zero-order chi connectivity index (χ0) is 37.3. The van der Waals surface area contributed by atoms with Gasteiger partial charge in [-0.25, -0.2) is 9.97 Å². The predicted molar refractivity (Wildman–Crippen MR) is 228 cm³/mol. The van der Waals surface area contributed by atoms with Crippen LogP contribution in [0.3, 0.4) is 0 Å². The fraction of sp³-hybridized carbons (Fsp3) is 0.0189. The molecule has 264 valence electrons. The molecule has 0 unspecified atom stereocenters. The summed E-state index contributed by atoms with van der Waals surface area (Å²) in [5, 5.41) is 0. The van der Waals surface area contributed by atoms with Crippen LogP contribution in [-0.4, -0.2) is 9.97 Å². The molecular formula is C53H36N2O. The third-order valence-electron chi connectivity index (χ3n) is 10.8. The van der Waals surface area contributed by atoms with Crippen molar-refractivity contribution in [3.05, 3.63) is 241 Å². The van der Waals surface area contributed by atoms with Gasteiger partial charge in [0.15, 0.2) is 5.82 Å². The molecule has 0 fully saturated rings.